The van der Waals surface area contributed by atoms with E-state index < -0.39 is 12.2 Å². The first kappa shape index (κ1) is 6.89. The molecule has 1 aliphatic rings. The number of halogens is 2. The summed E-state index contributed by atoms with van der Waals surface area (Å²) < 4.78 is 28.7. The van der Waals surface area contributed by atoms with Crippen LogP contribution in [0.1, 0.15) is 12.8 Å². The standard InChI is InChI=1S/C5H8F2O2/c6-5(7)2-1-3-9-4(5)8/h4,8H,1-3H2. The molecule has 1 atom stereocenters. The molecule has 0 aliphatic carbocycles. The summed E-state index contributed by atoms with van der Waals surface area (Å²) in [6.45, 7) is 0.233. The Hall–Kier alpha value is -0.220. The summed E-state index contributed by atoms with van der Waals surface area (Å²) in [7, 11) is 0. The van der Waals surface area contributed by atoms with Crippen LogP contribution in [0.2, 0.25) is 0 Å². The fourth-order valence-electron chi connectivity index (χ4n) is 0.748. The Morgan fingerprint density at radius 2 is 2.22 bits per heavy atom. The molecule has 2 nitrogen and oxygen atoms in total. The molecule has 0 aromatic heterocycles. The van der Waals surface area contributed by atoms with Crippen molar-refractivity contribution < 1.29 is 18.6 Å². The third kappa shape index (κ3) is 1.37. The highest BCUT2D eigenvalue weighted by molar-refractivity contribution is 4.72. The van der Waals surface area contributed by atoms with E-state index in [-0.39, 0.29) is 13.0 Å². The van der Waals surface area contributed by atoms with Crippen LogP contribution in [0.4, 0.5) is 8.78 Å². The van der Waals surface area contributed by atoms with E-state index in [2.05, 4.69) is 4.74 Å². The van der Waals surface area contributed by atoms with Gasteiger partial charge in [-0.3, -0.25) is 0 Å². The lowest BCUT2D eigenvalue weighted by Crippen LogP contribution is -2.39. The zero-order valence-corrected chi connectivity index (χ0v) is 4.81. The van der Waals surface area contributed by atoms with Crippen molar-refractivity contribution in [3.05, 3.63) is 0 Å². The Kier molecular flexibility index (Phi) is 1.68. The number of aliphatic hydroxyl groups is 1. The number of aliphatic hydroxyl groups excluding tert-OH is 1. The van der Waals surface area contributed by atoms with Crippen LogP contribution in [0, 0.1) is 0 Å². The van der Waals surface area contributed by atoms with Gasteiger partial charge < -0.3 is 9.84 Å². The SMILES string of the molecule is OC1OCCCC1(F)F. The quantitative estimate of drug-likeness (QED) is 0.535. The fraction of sp³-hybridized carbons (Fsp3) is 1.00. The number of hydrogen-bond acceptors (Lipinski definition) is 2. The van der Waals surface area contributed by atoms with Crippen LogP contribution in [0.25, 0.3) is 0 Å². The number of alkyl halides is 2. The van der Waals surface area contributed by atoms with E-state index in [1.54, 1.807) is 0 Å². The van der Waals surface area contributed by atoms with Crippen molar-refractivity contribution in [2.75, 3.05) is 6.61 Å². The summed E-state index contributed by atoms with van der Waals surface area (Å²) >= 11 is 0. The monoisotopic (exact) mass is 138 g/mol. The topological polar surface area (TPSA) is 29.5 Å². The minimum absolute atomic E-state index is 0.233. The number of ether oxygens (including phenoxy) is 1. The molecule has 1 saturated heterocycles. The van der Waals surface area contributed by atoms with Gasteiger partial charge in [-0.25, -0.2) is 8.78 Å². The predicted octanol–water partition coefficient (Wildman–Crippen LogP) is 0.750. The lowest BCUT2D eigenvalue weighted by molar-refractivity contribution is -0.258. The lowest BCUT2D eigenvalue weighted by Gasteiger charge is -2.26. The first-order valence-electron chi connectivity index (χ1n) is 2.80. The Morgan fingerprint density at radius 1 is 1.56 bits per heavy atom. The second kappa shape index (κ2) is 2.19. The Labute approximate surface area is 51.4 Å². The van der Waals surface area contributed by atoms with Crippen LogP contribution < -0.4 is 0 Å². The molecule has 0 radical (unpaired) electrons. The zero-order chi connectivity index (χ0) is 6.91. The van der Waals surface area contributed by atoms with Gasteiger partial charge in [0.15, 0.2) is 0 Å². The third-order valence-electron chi connectivity index (χ3n) is 1.29. The molecule has 0 bridgehead atoms. The van der Waals surface area contributed by atoms with E-state index in [1.165, 1.54) is 0 Å². The van der Waals surface area contributed by atoms with Crippen molar-refractivity contribution in [1.29, 1.82) is 0 Å². The van der Waals surface area contributed by atoms with Crippen LogP contribution in [-0.2, 0) is 4.74 Å². The summed E-state index contributed by atoms with van der Waals surface area (Å²) in [5.74, 6) is -3.03. The molecule has 1 heterocycles. The first-order chi connectivity index (χ1) is 4.13. The van der Waals surface area contributed by atoms with Crippen LogP contribution in [0.5, 0.6) is 0 Å². The normalized spacial score (nSPS) is 34.3. The van der Waals surface area contributed by atoms with Gasteiger partial charge in [-0.15, -0.1) is 0 Å². The molecule has 1 fully saturated rings. The second-order valence-electron chi connectivity index (χ2n) is 2.09. The first-order valence-corrected chi connectivity index (χ1v) is 2.80. The Bertz CT molecular complexity index is 105. The smallest absolute Gasteiger partial charge is 0.297 e. The van der Waals surface area contributed by atoms with Crippen molar-refractivity contribution in [2.45, 2.75) is 25.1 Å². The summed E-state index contributed by atoms with van der Waals surface area (Å²) in [4.78, 5) is 0. The van der Waals surface area contributed by atoms with E-state index in [0.717, 1.165) is 0 Å². The summed E-state index contributed by atoms with van der Waals surface area (Å²) in [5, 5.41) is 8.46. The fourth-order valence-corrected chi connectivity index (χ4v) is 0.748. The molecule has 0 aromatic carbocycles. The van der Waals surface area contributed by atoms with Crippen LogP contribution in [0.15, 0.2) is 0 Å². The predicted molar refractivity (Wildman–Crippen MR) is 26.1 cm³/mol. The average molecular weight is 138 g/mol. The summed E-state index contributed by atoms with van der Waals surface area (Å²) in [5.41, 5.74) is 0. The van der Waals surface area contributed by atoms with Gasteiger partial charge >= 0.3 is 0 Å². The minimum atomic E-state index is -3.03. The highest BCUT2D eigenvalue weighted by atomic mass is 19.3. The average Bonchev–Trinajstić information content (AvgIpc) is 1.77. The van der Waals surface area contributed by atoms with E-state index in [9.17, 15) is 8.78 Å². The van der Waals surface area contributed by atoms with Gasteiger partial charge in [-0.1, -0.05) is 0 Å². The molecule has 0 spiro atoms. The second-order valence-corrected chi connectivity index (χ2v) is 2.09. The highest BCUT2D eigenvalue weighted by Crippen LogP contribution is 2.29. The van der Waals surface area contributed by atoms with Crippen LogP contribution in [0.3, 0.4) is 0 Å². The van der Waals surface area contributed by atoms with Gasteiger partial charge in [0.05, 0.1) is 6.61 Å². The molecule has 0 amide bonds. The summed E-state index contributed by atoms with van der Waals surface area (Å²) in [6, 6.07) is 0. The molecular formula is C5H8F2O2. The minimum Gasteiger partial charge on any atom is -0.363 e. The van der Waals surface area contributed by atoms with E-state index in [1.807, 2.05) is 0 Å². The molecular weight excluding hydrogens is 130 g/mol. The summed E-state index contributed by atoms with van der Waals surface area (Å²) in [6.07, 6.45) is -1.83. The van der Waals surface area contributed by atoms with Gasteiger partial charge in [-0.2, -0.15) is 0 Å². The van der Waals surface area contributed by atoms with Crippen molar-refractivity contribution in [2.24, 2.45) is 0 Å². The maximum atomic E-state index is 12.2. The van der Waals surface area contributed by atoms with Crippen molar-refractivity contribution >= 4 is 0 Å². The van der Waals surface area contributed by atoms with Crippen LogP contribution >= 0.6 is 0 Å². The molecule has 0 aromatic rings. The molecule has 1 unspecified atom stereocenters. The maximum Gasteiger partial charge on any atom is 0.297 e. The van der Waals surface area contributed by atoms with E-state index in [0.29, 0.717) is 6.42 Å². The van der Waals surface area contributed by atoms with Crippen molar-refractivity contribution in [3.63, 3.8) is 0 Å². The lowest BCUT2D eigenvalue weighted by atomic mass is 10.1. The Morgan fingerprint density at radius 3 is 2.56 bits per heavy atom. The zero-order valence-electron chi connectivity index (χ0n) is 4.81. The molecule has 1 aliphatic heterocycles. The molecule has 4 heteroatoms. The molecule has 9 heavy (non-hydrogen) atoms. The van der Waals surface area contributed by atoms with Crippen molar-refractivity contribution in [3.8, 4) is 0 Å². The van der Waals surface area contributed by atoms with Gasteiger partial charge in [-0.05, 0) is 6.42 Å². The van der Waals surface area contributed by atoms with E-state index in [4.69, 9.17) is 5.11 Å². The molecule has 1 N–H and O–H groups in total. The van der Waals surface area contributed by atoms with Gasteiger partial charge in [0.1, 0.15) is 0 Å². The molecule has 0 saturated carbocycles. The van der Waals surface area contributed by atoms with Crippen molar-refractivity contribution in [1.82, 2.24) is 0 Å². The van der Waals surface area contributed by atoms with Gasteiger partial charge in [0.2, 0.25) is 6.29 Å². The molecule has 1 rings (SSSR count). The largest absolute Gasteiger partial charge is 0.363 e. The Balaban J connectivity index is 2.49. The highest BCUT2D eigenvalue weighted by Gasteiger charge is 2.41. The van der Waals surface area contributed by atoms with Gasteiger partial charge in [0, 0.05) is 6.42 Å². The molecule has 54 valence electrons. The number of hydrogen-bond donors (Lipinski definition) is 1. The maximum absolute atomic E-state index is 12.2. The van der Waals surface area contributed by atoms with E-state index >= 15 is 0 Å². The van der Waals surface area contributed by atoms with Crippen LogP contribution in [-0.4, -0.2) is 23.9 Å². The number of rotatable bonds is 0. The van der Waals surface area contributed by atoms with Gasteiger partial charge in [0.25, 0.3) is 5.92 Å². The third-order valence-corrected chi connectivity index (χ3v) is 1.29.